The highest BCUT2D eigenvalue weighted by Gasteiger charge is 2.31. The Balaban J connectivity index is 2.38. The van der Waals surface area contributed by atoms with Crippen LogP contribution in [0, 0.1) is 5.41 Å². The fourth-order valence-electron chi connectivity index (χ4n) is 1.68. The second kappa shape index (κ2) is 4.63. The van der Waals surface area contributed by atoms with Crippen LogP contribution in [0.2, 0.25) is 0 Å². The van der Waals surface area contributed by atoms with Gasteiger partial charge in [-0.1, -0.05) is 27.7 Å². The number of hydrogen-bond donors (Lipinski definition) is 1. The lowest BCUT2D eigenvalue weighted by molar-refractivity contribution is 0.192. The fourth-order valence-corrected chi connectivity index (χ4v) is 1.68. The maximum absolute atomic E-state index is 6.21. The SMILES string of the molecule is CCCN(CC(N)C(C)(C)C)C1CC1. The highest BCUT2D eigenvalue weighted by Crippen LogP contribution is 2.28. The highest BCUT2D eigenvalue weighted by atomic mass is 15.2. The molecule has 0 bridgehead atoms. The molecule has 1 aliphatic carbocycles. The van der Waals surface area contributed by atoms with Crippen molar-refractivity contribution in [2.45, 2.75) is 59.0 Å². The van der Waals surface area contributed by atoms with Gasteiger partial charge in [-0.25, -0.2) is 0 Å². The molecule has 0 aromatic rings. The highest BCUT2D eigenvalue weighted by molar-refractivity contribution is 4.88. The molecule has 1 unspecified atom stereocenters. The third-order valence-electron chi connectivity index (χ3n) is 3.12. The molecule has 0 aromatic carbocycles. The van der Waals surface area contributed by atoms with Gasteiger partial charge in [-0.2, -0.15) is 0 Å². The molecule has 0 amide bonds. The van der Waals surface area contributed by atoms with E-state index < -0.39 is 0 Å². The van der Waals surface area contributed by atoms with Gasteiger partial charge >= 0.3 is 0 Å². The van der Waals surface area contributed by atoms with E-state index in [1.54, 1.807) is 0 Å². The van der Waals surface area contributed by atoms with Crippen LogP contribution >= 0.6 is 0 Å². The zero-order chi connectivity index (χ0) is 10.8. The summed E-state index contributed by atoms with van der Waals surface area (Å²) in [6.45, 7) is 11.2. The average molecular weight is 198 g/mol. The smallest absolute Gasteiger partial charge is 0.0217 e. The largest absolute Gasteiger partial charge is 0.326 e. The Kier molecular flexibility index (Phi) is 3.96. The van der Waals surface area contributed by atoms with Gasteiger partial charge in [-0.05, 0) is 31.2 Å². The second-order valence-corrected chi connectivity index (χ2v) is 5.70. The molecule has 0 aliphatic heterocycles. The van der Waals surface area contributed by atoms with Gasteiger partial charge in [0.05, 0.1) is 0 Å². The van der Waals surface area contributed by atoms with Crippen LogP contribution in [0.4, 0.5) is 0 Å². The molecule has 0 heterocycles. The molecule has 1 aliphatic rings. The van der Waals surface area contributed by atoms with Crippen LogP contribution in [-0.4, -0.2) is 30.1 Å². The first kappa shape index (κ1) is 12.0. The Hall–Kier alpha value is -0.0800. The van der Waals surface area contributed by atoms with E-state index in [9.17, 15) is 0 Å². The van der Waals surface area contributed by atoms with Crippen molar-refractivity contribution in [3.8, 4) is 0 Å². The molecule has 0 aromatic heterocycles. The second-order valence-electron chi connectivity index (χ2n) is 5.70. The summed E-state index contributed by atoms with van der Waals surface area (Å²) in [6, 6.07) is 1.15. The van der Waals surface area contributed by atoms with E-state index in [2.05, 4.69) is 32.6 Å². The fraction of sp³-hybridized carbons (Fsp3) is 1.00. The van der Waals surface area contributed by atoms with E-state index in [1.165, 1.54) is 25.8 Å². The first-order chi connectivity index (χ1) is 6.45. The van der Waals surface area contributed by atoms with Crippen molar-refractivity contribution in [2.24, 2.45) is 11.1 Å². The molecule has 14 heavy (non-hydrogen) atoms. The lowest BCUT2D eigenvalue weighted by Crippen LogP contribution is -2.46. The summed E-state index contributed by atoms with van der Waals surface area (Å²) < 4.78 is 0. The topological polar surface area (TPSA) is 29.3 Å². The maximum Gasteiger partial charge on any atom is 0.0217 e. The maximum atomic E-state index is 6.21. The number of nitrogens with zero attached hydrogens (tertiary/aromatic N) is 1. The first-order valence-corrected chi connectivity index (χ1v) is 5.94. The summed E-state index contributed by atoms with van der Waals surface area (Å²) >= 11 is 0. The van der Waals surface area contributed by atoms with Gasteiger partial charge < -0.3 is 5.73 Å². The lowest BCUT2D eigenvalue weighted by atomic mass is 9.87. The van der Waals surface area contributed by atoms with Crippen LogP contribution in [-0.2, 0) is 0 Å². The minimum atomic E-state index is 0.237. The predicted octanol–water partition coefficient (Wildman–Crippen LogP) is 2.23. The standard InChI is InChI=1S/C12H26N2/c1-5-8-14(10-6-7-10)9-11(13)12(2,3)4/h10-11H,5-9,13H2,1-4H3. The van der Waals surface area contributed by atoms with Gasteiger partial charge in [-0.3, -0.25) is 4.90 Å². The summed E-state index contributed by atoms with van der Waals surface area (Å²) in [4.78, 5) is 2.58. The molecule has 0 saturated heterocycles. The van der Waals surface area contributed by atoms with Crippen molar-refractivity contribution >= 4 is 0 Å². The van der Waals surface area contributed by atoms with E-state index in [4.69, 9.17) is 5.73 Å². The number of rotatable bonds is 5. The molecule has 2 nitrogen and oxygen atoms in total. The van der Waals surface area contributed by atoms with Gasteiger partial charge in [-0.15, -0.1) is 0 Å². The summed E-state index contributed by atoms with van der Waals surface area (Å²) in [6.07, 6.45) is 4.01. The molecule has 0 radical (unpaired) electrons. The van der Waals surface area contributed by atoms with Crippen molar-refractivity contribution in [2.75, 3.05) is 13.1 Å². The van der Waals surface area contributed by atoms with Crippen molar-refractivity contribution in [1.29, 1.82) is 0 Å². The molecule has 1 atom stereocenters. The van der Waals surface area contributed by atoms with E-state index in [0.717, 1.165) is 12.6 Å². The van der Waals surface area contributed by atoms with Gasteiger partial charge in [0.1, 0.15) is 0 Å². The van der Waals surface area contributed by atoms with Crippen molar-refractivity contribution in [1.82, 2.24) is 4.90 Å². The minimum Gasteiger partial charge on any atom is -0.326 e. The first-order valence-electron chi connectivity index (χ1n) is 5.94. The van der Waals surface area contributed by atoms with Crippen LogP contribution in [0.1, 0.15) is 47.0 Å². The number of hydrogen-bond acceptors (Lipinski definition) is 2. The Labute approximate surface area is 88.8 Å². The van der Waals surface area contributed by atoms with E-state index in [-0.39, 0.29) is 5.41 Å². The van der Waals surface area contributed by atoms with Gasteiger partial charge in [0.15, 0.2) is 0 Å². The summed E-state index contributed by atoms with van der Waals surface area (Å²) in [7, 11) is 0. The van der Waals surface area contributed by atoms with E-state index in [1.807, 2.05) is 0 Å². The molecule has 2 heteroatoms. The summed E-state index contributed by atoms with van der Waals surface area (Å²) in [5.41, 5.74) is 6.44. The Bertz CT molecular complexity index is 168. The quantitative estimate of drug-likeness (QED) is 0.734. The zero-order valence-corrected chi connectivity index (χ0v) is 10.2. The third-order valence-corrected chi connectivity index (χ3v) is 3.12. The lowest BCUT2D eigenvalue weighted by Gasteiger charge is -2.32. The third kappa shape index (κ3) is 3.58. The zero-order valence-electron chi connectivity index (χ0n) is 10.2. The van der Waals surface area contributed by atoms with Crippen LogP contribution in [0.3, 0.4) is 0 Å². The molecule has 1 saturated carbocycles. The molecular weight excluding hydrogens is 172 g/mol. The molecule has 2 N–H and O–H groups in total. The minimum absolute atomic E-state index is 0.237. The van der Waals surface area contributed by atoms with Crippen molar-refractivity contribution < 1.29 is 0 Å². The van der Waals surface area contributed by atoms with Crippen molar-refractivity contribution in [3.63, 3.8) is 0 Å². The van der Waals surface area contributed by atoms with Gasteiger partial charge in [0.25, 0.3) is 0 Å². The molecule has 0 spiro atoms. The predicted molar refractivity (Wildman–Crippen MR) is 62.3 cm³/mol. The molecule has 1 rings (SSSR count). The average Bonchev–Trinajstić information content (AvgIpc) is 2.83. The Morgan fingerprint density at radius 2 is 1.93 bits per heavy atom. The summed E-state index contributed by atoms with van der Waals surface area (Å²) in [5.74, 6) is 0. The summed E-state index contributed by atoms with van der Waals surface area (Å²) in [5, 5.41) is 0. The van der Waals surface area contributed by atoms with Gasteiger partial charge in [0.2, 0.25) is 0 Å². The Morgan fingerprint density at radius 1 is 1.36 bits per heavy atom. The van der Waals surface area contributed by atoms with Crippen LogP contribution < -0.4 is 5.73 Å². The molecule has 84 valence electrons. The van der Waals surface area contributed by atoms with E-state index >= 15 is 0 Å². The Morgan fingerprint density at radius 3 is 2.29 bits per heavy atom. The monoisotopic (exact) mass is 198 g/mol. The normalized spacial score (nSPS) is 20.1. The van der Waals surface area contributed by atoms with Crippen LogP contribution in [0.15, 0.2) is 0 Å². The molecule has 1 fully saturated rings. The van der Waals surface area contributed by atoms with Crippen LogP contribution in [0.25, 0.3) is 0 Å². The van der Waals surface area contributed by atoms with Gasteiger partial charge in [0, 0.05) is 18.6 Å². The van der Waals surface area contributed by atoms with Crippen LogP contribution in [0.5, 0.6) is 0 Å². The number of nitrogens with two attached hydrogens (primary N) is 1. The molecular formula is C12H26N2. The van der Waals surface area contributed by atoms with E-state index in [0.29, 0.717) is 6.04 Å². The van der Waals surface area contributed by atoms with Crippen molar-refractivity contribution in [3.05, 3.63) is 0 Å².